The van der Waals surface area contributed by atoms with Gasteiger partial charge in [-0.1, -0.05) is 6.92 Å². The smallest absolute Gasteiger partial charge is 0.249 e. The van der Waals surface area contributed by atoms with E-state index >= 15 is 0 Å². The van der Waals surface area contributed by atoms with Gasteiger partial charge in [-0.15, -0.1) is 4.37 Å². The largest absolute Gasteiger partial charge is 0.476 e. The number of nitrogens with zero attached hydrogens (tertiary/aromatic N) is 3. The van der Waals surface area contributed by atoms with Crippen molar-refractivity contribution in [1.82, 2.24) is 13.6 Å². The molecule has 0 aromatic carbocycles. The van der Waals surface area contributed by atoms with Crippen molar-refractivity contribution in [2.24, 2.45) is 17.8 Å². The average molecular weight is 279 g/mol. The van der Waals surface area contributed by atoms with E-state index in [2.05, 4.69) is 20.6 Å². The second kappa shape index (κ2) is 4.70. The molecule has 1 aliphatic carbocycles. The van der Waals surface area contributed by atoms with E-state index in [0.717, 1.165) is 36.7 Å². The van der Waals surface area contributed by atoms with E-state index in [1.807, 2.05) is 0 Å². The first-order valence-corrected chi connectivity index (χ1v) is 8.25. The summed E-state index contributed by atoms with van der Waals surface area (Å²) < 4.78 is 14.8. The number of hydrogen-bond donors (Lipinski definition) is 0. The number of rotatable bonds is 4. The second-order valence-corrected chi connectivity index (χ2v) is 6.93. The minimum absolute atomic E-state index is 0.610. The normalized spacial score (nSPS) is 39.7. The molecule has 0 spiro atoms. The highest BCUT2D eigenvalue weighted by atomic mass is 32.1. The molecule has 3 aliphatic heterocycles. The van der Waals surface area contributed by atoms with Gasteiger partial charge in [-0.2, -0.15) is 4.37 Å². The lowest BCUT2D eigenvalue weighted by atomic mass is 9.61. The van der Waals surface area contributed by atoms with Crippen molar-refractivity contribution < 1.29 is 4.74 Å². The lowest BCUT2D eigenvalue weighted by Gasteiger charge is -2.55. The highest BCUT2D eigenvalue weighted by Gasteiger charge is 2.49. The van der Waals surface area contributed by atoms with Gasteiger partial charge in [0.1, 0.15) is 5.69 Å². The first-order chi connectivity index (χ1) is 9.35. The summed E-state index contributed by atoms with van der Waals surface area (Å²) in [6, 6.07) is 0. The molecule has 19 heavy (non-hydrogen) atoms. The van der Waals surface area contributed by atoms with Gasteiger partial charge in [0, 0.05) is 25.6 Å². The predicted molar refractivity (Wildman–Crippen MR) is 74.6 cm³/mol. The van der Waals surface area contributed by atoms with E-state index in [1.165, 1.54) is 49.9 Å². The quantitative estimate of drug-likeness (QED) is 0.848. The van der Waals surface area contributed by atoms with Crippen LogP contribution in [-0.4, -0.2) is 39.9 Å². The molecule has 2 unspecified atom stereocenters. The lowest BCUT2D eigenvalue weighted by molar-refractivity contribution is -0.0373. The van der Waals surface area contributed by atoms with E-state index in [4.69, 9.17) is 4.74 Å². The minimum Gasteiger partial charge on any atom is -0.476 e. The van der Waals surface area contributed by atoms with Crippen LogP contribution in [0.15, 0.2) is 0 Å². The average Bonchev–Trinajstić information content (AvgIpc) is 2.83. The van der Waals surface area contributed by atoms with Gasteiger partial charge in [-0.25, -0.2) is 0 Å². The van der Waals surface area contributed by atoms with Crippen LogP contribution >= 0.6 is 11.7 Å². The number of hydrogen-bond acceptors (Lipinski definition) is 5. The Bertz CT molecular complexity index is 433. The maximum Gasteiger partial charge on any atom is 0.249 e. The van der Waals surface area contributed by atoms with Crippen molar-refractivity contribution in [3.05, 3.63) is 5.69 Å². The van der Waals surface area contributed by atoms with Crippen molar-refractivity contribution in [1.29, 1.82) is 0 Å². The Balaban J connectivity index is 1.60. The summed E-state index contributed by atoms with van der Waals surface area (Å²) >= 11 is 1.32. The van der Waals surface area contributed by atoms with Crippen LogP contribution in [0.5, 0.6) is 5.88 Å². The van der Waals surface area contributed by atoms with Crippen molar-refractivity contribution in [2.45, 2.75) is 32.1 Å². The zero-order chi connectivity index (χ0) is 12.8. The first-order valence-electron chi connectivity index (χ1n) is 7.52. The molecule has 4 aliphatic rings. The number of aromatic nitrogens is 2. The van der Waals surface area contributed by atoms with Gasteiger partial charge in [0.05, 0.1) is 18.3 Å². The van der Waals surface area contributed by atoms with Crippen LogP contribution in [0.25, 0.3) is 0 Å². The van der Waals surface area contributed by atoms with Gasteiger partial charge < -0.3 is 9.64 Å². The molecule has 1 aromatic heterocycles. The van der Waals surface area contributed by atoms with Gasteiger partial charge in [0.25, 0.3) is 0 Å². The summed E-state index contributed by atoms with van der Waals surface area (Å²) in [5.41, 5.74) is 1.17. The molecule has 104 valence electrons. The summed E-state index contributed by atoms with van der Waals surface area (Å²) in [5.74, 6) is 3.97. The predicted octanol–water partition coefficient (Wildman–Crippen LogP) is 2.38. The molecule has 3 saturated heterocycles. The third kappa shape index (κ3) is 1.98. The Kier molecular flexibility index (Phi) is 2.99. The fraction of sp³-hybridized carbons (Fsp3) is 0.857. The fourth-order valence-electron chi connectivity index (χ4n) is 4.54. The molecule has 4 bridgehead atoms. The second-order valence-electron chi connectivity index (χ2n) is 6.40. The van der Waals surface area contributed by atoms with Gasteiger partial charge in [0.15, 0.2) is 0 Å². The maximum absolute atomic E-state index is 5.81. The molecular formula is C14H21N3OS. The van der Waals surface area contributed by atoms with E-state index in [1.54, 1.807) is 0 Å². The van der Waals surface area contributed by atoms with Gasteiger partial charge in [-0.05, 0) is 37.0 Å². The summed E-state index contributed by atoms with van der Waals surface area (Å²) in [7, 11) is 0. The molecule has 1 aromatic rings. The van der Waals surface area contributed by atoms with Crippen molar-refractivity contribution in [3.8, 4) is 5.88 Å². The Morgan fingerprint density at radius 3 is 2.68 bits per heavy atom. The van der Waals surface area contributed by atoms with E-state index in [-0.39, 0.29) is 0 Å². The Morgan fingerprint density at radius 1 is 1.21 bits per heavy atom. The third-order valence-electron chi connectivity index (χ3n) is 5.03. The molecule has 0 radical (unpaired) electrons. The van der Waals surface area contributed by atoms with E-state index in [0.29, 0.717) is 5.92 Å². The monoisotopic (exact) mass is 279 g/mol. The summed E-state index contributed by atoms with van der Waals surface area (Å²) in [6.07, 6.45) is 3.81. The molecule has 0 amide bonds. The molecule has 4 heterocycles. The molecular weight excluding hydrogens is 258 g/mol. The molecule has 4 nitrogen and oxygen atoms in total. The fourth-order valence-corrected chi connectivity index (χ4v) is 5.09. The highest BCUT2D eigenvalue weighted by molar-refractivity contribution is 6.99. The van der Waals surface area contributed by atoms with E-state index in [9.17, 15) is 0 Å². The third-order valence-corrected chi connectivity index (χ3v) is 5.56. The molecule has 4 fully saturated rings. The lowest BCUT2D eigenvalue weighted by Crippen LogP contribution is -2.56. The molecule has 0 N–H and O–H groups in total. The molecule has 5 heteroatoms. The van der Waals surface area contributed by atoms with Gasteiger partial charge >= 0.3 is 0 Å². The van der Waals surface area contributed by atoms with Crippen LogP contribution in [0, 0.1) is 17.8 Å². The Labute approximate surface area is 118 Å². The standard InChI is InChI=1S/C14H21N3OS/c1-2-3-18-14-13(15-19-16-14)12-10-4-9-5-11(12)8-17(6-9)7-10/h9-12H,2-8H2,1H3. The van der Waals surface area contributed by atoms with Crippen molar-refractivity contribution in [3.63, 3.8) is 0 Å². The highest BCUT2D eigenvalue weighted by Crippen LogP contribution is 2.52. The number of ether oxygens (including phenoxy) is 1. The zero-order valence-electron chi connectivity index (χ0n) is 11.4. The van der Waals surface area contributed by atoms with Crippen LogP contribution in [0.4, 0.5) is 0 Å². The van der Waals surface area contributed by atoms with Crippen LogP contribution in [0.1, 0.15) is 37.8 Å². The van der Waals surface area contributed by atoms with Gasteiger partial charge in [-0.3, -0.25) is 0 Å². The minimum atomic E-state index is 0.610. The van der Waals surface area contributed by atoms with Crippen LogP contribution in [0.3, 0.4) is 0 Å². The van der Waals surface area contributed by atoms with E-state index < -0.39 is 0 Å². The SMILES string of the molecule is CCCOc1nsnc1C1C2CC3CC1CN(C3)C2. The zero-order valence-corrected chi connectivity index (χ0v) is 12.2. The van der Waals surface area contributed by atoms with Gasteiger partial charge in [0.2, 0.25) is 5.88 Å². The molecule has 5 rings (SSSR count). The number of piperidine rings is 3. The molecule has 1 saturated carbocycles. The molecule has 2 atom stereocenters. The van der Waals surface area contributed by atoms with Crippen LogP contribution in [0.2, 0.25) is 0 Å². The summed E-state index contributed by atoms with van der Waals surface area (Å²) in [6.45, 7) is 6.77. The summed E-state index contributed by atoms with van der Waals surface area (Å²) in [4.78, 5) is 2.66. The first kappa shape index (κ1) is 12.1. The summed E-state index contributed by atoms with van der Waals surface area (Å²) in [5, 5.41) is 0. The van der Waals surface area contributed by atoms with Crippen molar-refractivity contribution in [2.75, 3.05) is 26.2 Å². The van der Waals surface area contributed by atoms with Crippen molar-refractivity contribution >= 4 is 11.7 Å². The Morgan fingerprint density at radius 2 is 2.00 bits per heavy atom. The maximum atomic E-state index is 5.81. The Hall–Kier alpha value is -0.680. The topological polar surface area (TPSA) is 38.3 Å². The van der Waals surface area contributed by atoms with Crippen LogP contribution in [-0.2, 0) is 0 Å². The van der Waals surface area contributed by atoms with Crippen LogP contribution < -0.4 is 4.74 Å².